The van der Waals surface area contributed by atoms with Crippen LogP contribution >= 0.6 is 23.2 Å². The van der Waals surface area contributed by atoms with Gasteiger partial charge in [-0.2, -0.15) is 0 Å². The third-order valence-corrected chi connectivity index (χ3v) is 4.67. The van der Waals surface area contributed by atoms with Gasteiger partial charge < -0.3 is 14.2 Å². The van der Waals surface area contributed by atoms with Gasteiger partial charge in [-0.15, -0.1) is 0 Å². The van der Waals surface area contributed by atoms with Crippen LogP contribution in [-0.4, -0.2) is 36.0 Å². The van der Waals surface area contributed by atoms with E-state index in [1.807, 2.05) is 0 Å². The molecule has 0 amide bonds. The standard InChI is InChI=1S/C14H10ClNO5.C8H6ClNO4/c1-20-14(17)12-8-11(6-7-13(12)16(18)19)21-10-4-2-9(15)3-5-10;1-14-8(11)6-4-5(9)2-3-7(6)10(12)13/h2-8H,1H3;2-4H,1H3. The van der Waals surface area contributed by atoms with E-state index in [1.165, 1.54) is 30.3 Å². The Hall–Kier alpha value is -4.22. The molecule has 0 aliphatic rings. The molecule has 0 unspecified atom stereocenters. The van der Waals surface area contributed by atoms with Gasteiger partial charge in [0.1, 0.15) is 22.6 Å². The zero-order valence-electron chi connectivity index (χ0n) is 18.1. The Kier molecular flexibility index (Phi) is 9.50. The third-order valence-electron chi connectivity index (χ3n) is 4.18. The van der Waals surface area contributed by atoms with Gasteiger partial charge in [0.2, 0.25) is 0 Å². The first-order valence-electron chi connectivity index (χ1n) is 9.39. The van der Waals surface area contributed by atoms with E-state index in [-0.39, 0.29) is 33.3 Å². The molecule has 13 heteroatoms. The molecule has 3 rings (SSSR count). The van der Waals surface area contributed by atoms with E-state index in [0.717, 1.165) is 20.3 Å². The topological polar surface area (TPSA) is 148 Å². The Bertz CT molecular complexity index is 1260. The van der Waals surface area contributed by atoms with Gasteiger partial charge in [0, 0.05) is 28.2 Å². The molecule has 0 aromatic heterocycles. The molecule has 0 heterocycles. The number of hydrogen-bond donors (Lipinski definition) is 0. The lowest BCUT2D eigenvalue weighted by Crippen LogP contribution is -2.05. The Balaban J connectivity index is 0.000000269. The minimum Gasteiger partial charge on any atom is -0.465 e. The number of carbonyl (C=O) groups is 2. The zero-order chi connectivity index (χ0) is 26.1. The Morgan fingerprint density at radius 3 is 1.60 bits per heavy atom. The SMILES string of the molecule is COC(=O)c1cc(Cl)ccc1[N+](=O)[O-].COC(=O)c1cc(Oc2ccc(Cl)cc2)ccc1[N+](=O)[O-]. The fraction of sp³-hybridized carbons (Fsp3) is 0.0909. The van der Waals surface area contributed by atoms with Crippen LogP contribution in [0.5, 0.6) is 11.5 Å². The van der Waals surface area contributed by atoms with Crippen molar-refractivity contribution in [1.82, 2.24) is 0 Å². The summed E-state index contributed by atoms with van der Waals surface area (Å²) in [6, 6.07) is 14.1. The predicted molar refractivity (Wildman–Crippen MR) is 125 cm³/mol. The molecule has 0 saturated heterocycles. The van der Waals surface area contributed by atoms with E-state index in [0.29, 0.717) is 10.8 Å². The maximum absolute atomic E-state index is 11.6. The number of carbonyl (C=O) groups excluding carboxylic acids is 2. The Morgan fingerprint density at radius 2 is 1.11 bits per heavy atom. The van der Waals surface area contributed by atoms with Crippen LogP contribution in [-0.2, 0) is 9.47 Å². The highest BCUT2D eigenvalue weighted by Gasteiger charge is 2.22. The first-order chi connectivity index (χ1) is 16.6. The minimum absolute atomic E-state index is 0.148. The van der Waals surface area contributed by atoms with Crippen LogP contribution in [0.1, 0.15) is 20.7 Å². The number of rotatable bonds is 6. The van der Waals surface area contributed by atoms with Crippen LogP contribution in [0.3, 0.4) is 0 Å². The van der Waals surface area contributed by atoms with Crippen molar-refractivity contribution in [2.75, 3.05) is 14.2 Å². The summed E-state index contributed by atoms with van der Waals surface area (Å²) < 4.78 is 14.4. The summed E-state index contributed by atoms with van der Waals surface area (Å²) in [5.41, 5.74) is -0.981. The van der Waals surface area contributed by atoms with Gasteiger partial charge in [0.25, 0.3) is 11.4 Å². The van der Waals surface area contributed by atoms with Gasteiger partial charge in [-0.25, -0.2) is 9.59 Å². The van der Waals surface area contributed by atoms with Gasteiger partial charge in [0.05, 0.1) is 24.1 Å². The fourth-order valence-electron chi connectivity index (χ4n) is 2.59. The molecule has 3 aromatic carbocycles. The van der Waals surface area contributed by atoms with Crippen molar-refractivity contribution >= 4 is 46.5 Å². The number of nitrogens with zero attached hydrogens (tertiary/aromatic N) is 2. The van der Waals surface area contributed by atoms with E-state index in [1.54, 1.807) is 24.3 Å². The van der Waals surface area contributed by atoms with Crippen LogP contribution in [0.25, 0.3) is 0 Å². The first kappa shape index (κ1) is 27.0. The van der Waals surface area contributed by atoms with Gasteiger partial charge in [-0.3, -0.25) is 20.2 Å². The molecule has 0 atom stereocenters. The van der Waals surface area contributed by atoms with Gasteiger partial charge in [-0.05, 0) is 42.5 Å². The molecule has 0 N–H and O–H groups in total. The molecule has 0 fully saturated rings. The highest BCUT2D eigenvalue weighted by Crippen LogP contribution is 2.29. The van der Waals surface area contributed by atoms with Crippen LogP contribution in [0, 0.1) is 20.2 Å². The Labute approximate surface area is 208 Å². The van der Waals surface area contributed by atoms with Crippen LogP contribution in [0.2, 0.25) is 10.0 Å². The number of nitro benzene ring substituents is 2. The normalized spacial score (nSPS) is 9.83. The summed E-state index contributed by atoms with van der Waals surface area (Å²) >= 11 is 11.4. The van der Waals surface area contributed by atoms with Crippen molar-refractivity contribution in [3.05, 3.63) is 102 Å². The predicted octanol–water partition coefficient (Wildman–Crippen LogP) is 5.86. The molecule has 3 aromatic rings. The molecule has 0 aliphatic carbocycles. The third kappa shape index (κ3) is 7.39. The van der Waals surface area contributed by atoms with E-state index in [9.17, 15) is 29.8 Å². The summed E-state index contributed by atoms with van der Waals surface area (Å²) in [5.74, 6) is -0.810. The lowest BCUT2D eigenvalue weighted by Gasteiger charge is -2.07. The largest absolute Gasteiger partial charge is 0.465 e. The number of ether oxygens (including phenoxy) is 3. The number of benzene rings is 3. The maximum Gasteiger partial charge on any atom is 0.345 e. The minimum atomic E-state index is -0.803. The second kappa shape index (κ2) is 12.3. The molecule has 35 heavy (non-hydrogen) atoms. The fourth-order valence-corrected chi connectivity index (χ4v) is 2.89. The molecule has 0 bridgehead atoms. The summed E-state index contributed by atoms with van der Waals surface area (Å²) in [7, 11) is 2.30. The maximum atomic E-state index is 11.6. The summed E-state index contributed by atoms with van der Waals surface area (Å²) in [4.78, 5) is 42.8. The number of methoxy groups -OCH3 is 2. The molecule has 11 nitrogen and oxygen atoms in total. The molecule has 0 aliphatic heterocycles. The summed E-state index contributed by atoms with van der Waals surface area (Å²) in [5, 5.41) is 22.2. The molecular weight excluding hydrogens is 507 g/mol. The average molecular weight is 523 g/mol. The summed E-state index contributed by atoms with van der Waals surface area (Å²) in [6.45, 7) is 0. The van der Waals surface area contributed by atoms with Crippen molar-refractivity contribution in [2.24, 2.45) is 0 Å². The second-order valence-corrected chi connectivity index (χ2v) is 7.27. The average Bonchev–Trinajstić information content (AvgIpc) is 2.84. The smallest absolute Gasteiger partial charge is 0.345 e. The highest BCUT2D eigenvalue weighted by molar-refractivity contribution is 6.31. The molecule has 182 valence electrons. The molecule has 0 radical (unpaired) electrons. The van der Waals surface area contributed by atoms with Gasteiger partial charge >= 0.3 is 11.9 Å². The van der Waals surface area contributed by atoms with E-state index >= 15 is 0 Å². The van der Waals surface area contributed by atoms with Crippen molar-refractivity contribution in [3.63, 3.8) is 0 Å². The zero-order valence-corrected chi connectivity index (χ0v) is 19.6. The summed E-state index contributed by atoms with van der Waals surface area (Å²) in [6.07, 6.45) is 0. The highest BCUT2D eigenvalue weighted by atomic mass is 35.5. The van der Waals surface area contributed by atoms with Crippen LogP contribution < -0.4 is 4.74 Å². The van der Waals surface area contributed by atoms with Crippen LogP contribution in [0.4, 0.5) is 11.4 Å². The Morgan fingerprint density at radius 1 is 0.686 bits per heavy atom. The second-order valence-electron chi connectivity index (χ2n) is 6.39. The molecule has 0 saturated carbocycles. The van der Waals surface area contributed by atoms with E-state index < -0.39 is 21.8 Å². The van der Waals surface area contributed by atoms with E-state index in [2.05, 4.69) is 9.47 Å². The monoisotopic (exact) mass is 522 g/mol. The van der Waals surface area contributed by atoms with Crippen molar-refractivity contribution in [3.8, 4) is 11.5 Å². The van der Waals surface area contributed by atoms with Gasteiger partial charge in [0.15, 0.2) is 0 Å². The quantitative estimate of drug-likeness (QED) is 0.220. The first-order valence-corrected chi connectivity index (χ1v) is 10.2. The number of halogens is 2. The lowest BCUT2D eigenvalue weighted by atomic mass is 10.1. The van der Waals surface area contributed by atoms with Crippen molar-refractivity contribution < 1.29 is 33.6 Å². The van der Waals surface area contributed by atoms with Gasteiger partial charge in [-0.1, -0.05) is 23.2 Å². The van der Waals surface area contributed by atoms with Crippen molar-refractivity contribution in [1.29, 1.82) is 0 Å². The number of esters is 2. The van der Waals surface area contributed by atoms with Crippen molar-refractivity contribution in [2.45, 2.75) is 0 Å². The van der Waals surface area contributed by atoms with Crippen LogP contribution in [0.15, 0.2) is 60.7 Å². The molecular formula is C22H16Cl2N2O9. The lowest BCUT2D eigenvalue weighted by molar-refractivity contribution is -0.385. The number of hydrogen-bond acceptors (Lipinski definition) is 9. The molecule has 0 spiro atoms. The van der Waals surface area contributed by atoms with E-state index in [4.69, 9.17) is 27.9 Å². The number of nitro groups is 2.